The normalized spacial score (nSPS) is 10.5. The first-order chi connectivity index (χ1) is 9.88. The Morgan fingerprint density at radius 3 is 2.62 bits per heavy atom. The van der Waals surface area contributed by atoms with Gasteiger partial charge in [0.2, 0.25) is 0 Å². The van der Waals surface area contributed by atoms with E-state index in [-0.39, 0.29) is 22.8 Å². The highest BCUT2D eigenvalue weighted by Gasteiger charge is 2.13. The summed E-state index contributed by atoms with van der Waals surface area (Å²) in [5.74, 6) is -1.57. The lowest BCUT2D eigenvalue weighted by Gasteiger charge is -2.09. The number of nitrogens with one attached hydrogen (secondary N) is 1. The minimum absolute atomic E-state index is 0.0195. The lowest BCUT2D eigenvalue weighted by Crippen LogP contribution is -2.23. The lowest BCUT2D eigenvalue weighted by molar-refractivity contribution is 0.0950. The Hall–Kier alpha value is -1.66. The summed E-state index contributed by atoms with van der Waals surface area (Å²) in [7, 11) is 0. The maximum absolute atomic E-state index is 13.2. The van der Waals surface area contributed by atoms with Crippen LogP contribution in [0.3, 0.4) is 0 Å². The van der Waals surface area contributed by atoms with Crippen molar-refractivity contribution in [2.24, 2.45) is 0 Å². The Balaban J connectivity index is 2.11. The smallest absolute Gasteiger partial charge is 0.252 e. The average Bonchev–Trinajstić information content (AvgIpc) is 2.44. The van der Waals surface area contributed by atoms with Gasteiger partial charge in [-0.2, -0.15) is 0 Å². The molecule has 0 saturated carbocycles. The van der Waals surface area contributed by atoms with Gasteiger partial charge in [0.25, 0.3) is 5.91 Å². The summed E-state index contributed by atoms with van der Waals surface area (Å²) in [6.07, 6.45) is 0. The number of hydrogen-bond donors (Lipinski definition) is 2. The monoisotopic (exact) mass is 374 g/mol. The van der Waals surface area contributed by atoms with E-state index in [1.54, 1.807) is 0 Å². The van der Waals surface area contributed by atoms with Gasteiger partial charge in [-0.15, -0.1) is 0 Å². The second-order valence-electron chi connectivity index (χ2n) is 4.28. The number of halogens is 4. The third-order valence-electron chi connectivity index (χ3n) is 2.77. The maximum Gasteiger partial charge on any atom is 0.252 e. The Kier molecular flexibility index (Phi) is 4.80. The summed E-state index contributed by atoms with van der Waals surface area (Å²) in [5.41, 5.74) is 6.17. The van der Waals surface area contributed by atoms with Gasteiger partial charge < -0.3 is 11.1 Å². The van der Waals surface area contributed by atoms with Gasteiger partial charge in [0.15, 0.2) is 0 Å². The fourth-order valence-electron chi connectivity index (χ4n) is 1.67. The molecule has 1 amide bonds. The van der Waals surface area contributed by atoms with Gasteiger partial charge in [0.05, 0.1) is 16.3 Å². The molecule has 0 heterocycles. The van der Waals surface area contributed by atoms with Crippen molar-refractivity contribution in [3.8, 4) is 0 Å². The third kappa shape index (κ3) is 3.71. The molecule has 0 aliphatic carbocycles. The van der Waals surface area contributed by atoms with Crippen LogP contribution in [0.15, 0.2) is 34.8 Å². The molecule has 2 aromatic rings. The van der Waals surface area contributed by atoms with E-state index >= 15 is 0 Å². The molecule has 21 heavy (non-hydrogen) atoms. The molecule has 2 rings (SSSR count). The number of hydrogen-bond acceptors (Lipinski definition) is 2. The zero-order chi connectivity index (χ0) is 15.6. The van der Waals surface area contributed by atoms with Crippen molar-refractivity contribution in [3.63, 3.8) is 0 Å². The molecule has 2 aromatic carbocycles. The maximum atomic E-state index is 13.2. The van der Waals surface area contributed by atoms with E-state index in [2.05, 4.69) is 21.2 Å². The molecule has 0 fully saturated rings. The summed E-state index contributed by atoms with van der Waals surface area (Å²) >= 11 is 8.76. The van der Waals surface area contributed by atoms with Crippen LogP contribution >= 0.6 is 27.5 Å². The van der Waals surface area contributed by atoms with E-state index in [4.69, 9.17) is 17.3 Å². The number of carbonyl (C=O) groups excluding carboxylic acids is 1. The molecule has 3 N–H and O–H groups in total. The standard InChI is InChI=1S/C14H10BrClF2N2O/c15-9-5-12(18)13(19)4-8(9)14(21)20-6-7-1-2-11(17)10(16)3-7/h1-5H,6,19H2,(H,20,21). The topological polar surface area (TPSA) is 55.1 Å². The molecular weight excluding hydrogens is 366 g/mol. The Labute approximate surface area is 133 Å². The van der Waals surface area contributed by atoms with Crippen LogP contribution in [0.4, 0.5) is 14.5 Å². The third-order valence-corrected chi connectivity index (χ3v) is 3.71. The van der Waals surface area contributed by atoms with E-state index in [1.165, 1.54) is 24.3 Å². The van der Waals surface area contributed by atoms with E-state index in [9.17, 15) is 13.6 Å². The molecule has 0 spiro atoms. The molecule has 0 atom stereocenters. The zero-order valence-electron chi connectivity index (χ0n) is 10.6. The molecule has 0 unspecified atom stereocenters. The lowest BCUT2D eigenvalue weighted by atomic mass is 10.1. The summed E-state index contributed by atoms with van der Waals surface area (Å²) in [6, 6.07) is 6.52. The van der Waals surface area contributed by atoms with Gasteiger partial charge in [-0.3, -0.25) is 4.79 Å². The molecule has 110 valence electrons. The van der Waals surface area contributed by atoms with Gasteiger partial charge in [0.1, 0.15) is 11.6 Å². The number of carbonyl (C=O) groups is 1. The van der Waals surface area contributed by atoms with Crippen molar-refractivity contribution in [1.29, 1.82) is 0 Å². The van der Waals surface area contributed by atoms with Crippen LogP contribution < -0.4 is 11.1 Å². The summed E-state index contributed by atoms with van der Waals surface area (Å²) < 4.78 is 26.5. The average molecular weight is 376 g/mol. The summed E-state index contributed by atoms with van der Waals surface area (Å²) in [6.45, 7) is 0.155. The number of amides is 1. The minimum atomic E-state index is -0.608. The summed E-state index contributed by atoms with van der Waals surface area (Å²) in [4.78, 5) is 12.0. The van der Waals surface area contributed by atoms with Crippen LogP contribution in [0.1, 0.15) is 15.9 Å². The van der Waals surface area contributed by atoms with Crippen LogP contribution in [0.5, 0.6) is 0 Å². The van der Waals surface area contributed by atoms with Gasteiger partial charge in [0, 0.05) is 11.0 Å². The highest BCUT2D eigenvalue weighted by atomic mass is 79.9. The number of nitrogens with two attached hydrogens (primary N) is 1. The van der Waals surface area contributed by atoms with Crippen molar-refractivity contribution in [2.75, 3.05) is 5.73 Å². The second kappa shape index (κ2) is 6.41. The number of rotatable bonds is 3. The SMILES string of the molecule is Nc1cc(C(=O)NCc2ccc(F)c(Cl)c2)c(Br)cc1F. The van der Waals surface area contributed by atoms with Crippen molar-refractivity contribution < 1.29 is 13.6 Å². The molecule has 7 heteroatoms. The molecule has 0 radical (unpaired) electrons. The van der Waals surface area contributed by atoms with Crippen LogP contribution in [-0.2, 0) is 6.54 Å². The van der Waals surface area contributed by atoms with Gasteiger partial charge in [-0.1, -0.05) is 17.7 Å². The fraction of sp³-hybridized carbons (Fsp3) is 0.0714. The molecular formula is C14H10BrClF2N2O. The highest BCUT2D eigenvalue weighted by molar-refractivity contribution is 9.10. The predicted octanol–water partition coefficient (Wildman–Crippen LogP) is 3.89. The zero-order valence-corrected chi connectivity index (χ0v) is 12.9. The van der Waals surface area contributed by atoms with Crippen molar-refractivity contribution in [3.05, 3.63) is 62.6 Å². The first kappa shape index (κ1) is 15.7. The largest absolute Gasteiger partial charge is 0.396 e. The van der Waals surface area contributed by atoms with Gasteiger partial charge in [-0.05, 0) is 45.8 Å². The molecule has 0 aliphatic heterocycles. The van der Waals surface area contributed by atoms with E-state index in [0.717, 1.165) is 6.07 Å². The van der Waals surface area contributed by atoms with Crippen LogP contribution in [0.25, 0.3) is 0 Å². The van der Waals surface area contributed by atoms with E-state index in [1.807, 2.05) is 0 Å². The Morgan fingerprint density at radius 2 is 1.95 bits per heavy atom. The quantitative estimate of drug-likeness (QED) is 0.800. The molecule has 0 aliphatic rings. The first-order valence-electron chi connectivity index (χ1n) is 5.85. The predicted molar refractivity (Wildman–Crippen MR) is 81.1 cm³/mol. The van der Waals surface area contributed by atoms with Crippen molar-refractivity contribution >= 4 is 39.1 Å². The Morgan fingerprint density at radius 1 is 1.24 bits per heavy atom. The molecule has 0 bridgehead atoms. The van der Waals surface area contributed by atoms with E-state index < -0.39 is 17.5 Å². The van der Waals surface area contributed by atoms with Gasteiger partial charge in [-0.25, -0.2) is 8.78 Å². The number of nitrogen functional groups attached to an aromatic ring is 1. The number of benzene rings is 2. The fourth-order valence-corrected chi connectivity index (χ4v) is 2.37. The van der Waals surface area contributed by atoms with Crippen LogP contribution in [0.2, 0.25) is 5.02 Å². The highest BCUT2D eigenvalue weighted by Crippen LogP contribution is 2.23. The minimum Gasteiger partial charge on any atom is -0.396 e. The molecule has 0 saturated heterocycles. The van der Waals surface area contributed by atoms with Crippen molar-refractivity contribution in [1.82, 2.24) is 5.32 Å². The Bertz CT molecular complexity index is 710. The van der Waals surface area contributed by atoms with Gasteiger partial charge >= 0.3 is 0 Å². The van der Waals surface area contributed by atoms with E-state index in [0.29, 0.717) is 10.0 Å². The molecule has 3 nitrogen and oxygen atoms in total. The number of anilines is 1. The van der Waals surface area contributed by atoms with Crippen molar-refractivity contribution in [2.45, 2.75) is 6.54 Å². The summed E-state index contributed by atoms with van der Waals surface area (Å²) in [5, 5.41) is 2.60. The van der Waals surface area contributed by atoms with Crippen LogP contribution in [-0.4, -0.2) is 5.91 Å². The van der Waals surface area contributed by atoms with Crippen LogP contribution in [0, 0.1) is 11.6 Å². The molecule has 0 aromatic heterocycles. The second-order valence-corrected chi connectivity index (χ2v) is 5.55. The first-order valence-corrected chi connectivity index (χ1v) is 7.02.